The lowest BCUT2D eigenvalue weighted by molar-refractivity contribution is 0.364. The van der Waals surface area contributed by atoms with Crippen molar-refractivity contribution < 1.29 is 9.50 Å². The Labute approximate surface area is 137 Å². The van der Waals surface area contributed by atoms with Crippen molar-refractivity contribution in [1.29, 1.82) is 0 Å². The van der Waals surface area contributed by atoms with E-state index in [-0.39, 0.29) is 5.82 Å². The SMILES string of the molecule is CNCC(Cc1ccc(F)cc1)C1CCCc2cc(O)ccc21. The number of phenolic OH excluding ortho intramolecular Hbond substituents is 1. The number of phenols is 1. The minimum absolute atomic E-state index is 0.183. The van der Waals surface area contributed by atoms with Gasteiger partial charge >= 0.3 is 0 Å². The van der Waals surface area contributed by atoms with Gasteiger partial charge in [-0.1, -0.05) is 18.2 Å². The summed E-state index contributed by atoms with van der Waals surface area (Å²) in [4.78, 5) is 0. The van der Waals surface area contributed by atoms with Gasteiger partial charge in [0.2, 0.25) is 0 Å². The number of aryl methyl sites for hydroxylation is 1. The maximum atomic E-state index is 13.1. The number of aromatic hydroxyl groups is 1. The molecule has 0 aliphatic heterocycles. The van der Waals surface area contributed by atoms with E-state index in [1.54, 1.807) is 18.2 Å². The molecule has 0 spiro atoms. The first-order valence-corrected chi connectivity index (χ1v) is 8.38. The zero-order valence-corrected chi connectivity index (χ0v) is 13.6. The Kier molecular flexibility index (Phi) is 4.97. The molecule has 0 saturated heterocycles. The molecular weight excluding hydrogens is 289 g/mol. The van der Waals surface area contributed by atoms with Crippen molar-refractivity contribution in [3.63, 3.8) is 0 Å². The van der Waals surface area contributed by atoms with Crippen LogP contribution in [0.25, 0.3) is 0 Å². The van der Waals surface area contributed by atoms with Gasteiger partial charge in [-0.25, -0.2) is 4.39 Å². The summed E-state index contributed by atoms with van der Waals surface area (Å²) < 4.78 is 13.1. The molecule has 0 heterocycles. The van der Waals surface area contributed by atoms with E-state index < -0.39 is 0 Å². The summed E-state index contributed by atoms with van der Waals surface area (Å²) in [5, 5.41) is 13.0. The Balaban J connectivity index is 1.85. The molecule has 0 fully saturated rings. The van der Waals surface area contributed by atoms with E-state index in [2.05, 4.69) is 11.4 Å². The van der Waals surface area contributed by atoms with E-state index in [9.17, 15) is 9.50 Å². The third-order valence-corrected chi connectivity index (χ3v) is 4.93. The number of hydrogen-bond acceptors (Lipinski definition) is 2. The molecule has 0 saturated carbocycles. The number of fused-ring (bicyclic) bond motifs is 1. The maximum Gasteiger partial charge on any atom is 0.123 e. The molecule has 0 aromatic heterocycles. The first-order chi connectivity index (χ1) is 11.2. The zero-order chi connectivity index (χ0) is 16.2. The summed E-state index contributed by atoms with van der Waals surface area (Å²) in [6.45, 7) is 0.933. The largest absolute Gasteiger partial charge is 0.508 e. The van der Waals surface area contributed by atoms with Crippen LogP contribution in [0.15, 0.2) is 42.5 Å². The van der Waals surface area contributed by atoms with Crippen LogP contribution in [0.1, 0.15) is 35.4 Å². The van der Waals surface area contributed by atoms with Crippen LogP contribution in [-0.2, 0) is 12.8 Å². The molecule has 0 amide bonds. The Morgan fingerprint density at radius 2 is 2.00 bits per heavy atom. The van der Waals surface area contributed by atoms with Crippen molar-refractivity contribution in [1.82, 2.24) is 5.32 Å². The van der Waals surface area contributed by atoms with Crippen LogP contribution >= 0.6 is 0 Å². The van der Waals surface area contributed by atoms with Gasteiger partial charge in [0.1, 0.15) is 11.6 Å². The fourth-order valence-corrected chi connectivity index (χ4v) is 3.87. The highest BCUT2D eigenvalue weighted by Crippen LogP contribution is 2.39. The normalized spacial score (nSPS) is 18.4. The molecule has 122 valence electrons. The second-order valence-corrected chi connectivity index (χ2v) is 6.53. The van der Waals surface area contributed by atoms with Crippen molar-refractivity contribution in [3.05, 3.63) is 65.0 Å². The van der Waals surface area contributed by atoms with E-state index in [1.165, 1.54) is 23.1 Å². The molecule has 3 heteroatoms. The van der Waals surface area contributed by atoms with Gasteiger partial charge in [0.25, 0.3) is 0 Å². The lowest BCUT2D eigenvalue weighted by Gasteiger charge is -2.33. The number of nitrogens with one attached hydrogen (secondary N) is 1. The van der Waals surface area contributed by atoms with Crippen LogP contribution in [-0.4, -0.2) is 18.7 Å². The molecule has 0 radical (unpaired) electrons. The van der Waals surface area contributed by atoms with Crippen LogP contribution in [0.2, 0.25) is 0 Å². The molecule has 2 atom stereocenters. The average Bonchev–Trinajstić information content (AvgIpc) is 2.55. The predicted octanol–water partition coefficient (Wildman–Crippen LogP) is 4.03. The highest BCUT2D eigenvalue weighted by molar-refractivity contribution is 5.39. The topological polar surface area (TPSA) is 32.3 Å². The number of hydrogen-bond donors (Lipinski definition) is 2. The molecule has 1 aliphatic rings. The number of halogens is 1. The molecule has 3 rings (SSSR count). The van der Waals surface area contributed by atoms with Crippen molar-refractivity contribution in [2.24, 2.45) is 5.92 Å². The van der Waals surface area contributed by atoms with E-state index in [1.807, 2.05) is 25.2 Å². The molecule has 2 aromatic carbocycles. The van der Waals surface area contributed by atoms with Gasteiger partial charge in [-0.3, -0.25) is 0 Å². The molecule has 2 aromatic rings. The van der Waals surface area contributed by atoms with Crippen LogP contribution in [0.3, 0.4) is 0 Å². The Bertz CT molecular complexity index is 653. The van der Waals surface area contributed by atoms with E-state index in [4.69, 9.17) is 0 Å². The zero-order valence-electron chi connectivity index (χ0n) is 13.6. The fraction of sp³-hybridized carbons (Fsp3) is 0.400. The lowest BCUT2D eigenvalue weighted by Crippen LogP contribution is -2.29. The summed E-state index contributed by atoms with van der Waals surface area (Å²) in [5.41, 5.74) is 3.83. The van der Waals surface area contributed by atoms with E-state index in [0.29, 0.717) is 17.6 Å². The van der Waals surface area contributed by atoms with E-state index >= 15 is 0 Å². The highest BCUT2D eigenvalue weighted by Gasteiger charge is 2.27. The monoisotopic (exact) mass is 313 g/mol. The molecule has 1 aliphatic carbocycles. The summed E-state index contributed by atoms with van der Waals surface area (Å²) in [5.74, 6) is 1.12. The van der Waals surface area contributed by atoms with Crippen molar-refractivity contribution in [2.75, 3.05) is 13.6 Å². The van der Waals surface area contributed by atoms with Gasteiger partial charge in [0.05, 0.1) is 0 Å². The van der Waals surface area contributed by atoms with Crippen molar-refractivity contribution in [2.45, 2.75) is 31.6 Å². The van der Waals surface area contributed by atoms with Crippen LogP contribution < -0.4 is 5.32 Å². The first-order valence-electron chi connectivity index (χ1n) is 8.38. The molecule has 23 heavy (non-hydrogen) atoms. The van der Waals surface area contributed by atoms with Gasteiger partial charge in [0, 0.05) is 0 Å². The van der Waals surface area contributed by atoms with Crippen molar-refractivity contribution >= 4 is 0 Å². The molecule has 2 N–H and O–H groups in total. The third-order valence-electron chi connectivity index (χ3n) is 4.93. The standard InChI is InChI=1S/C20H24FNO/c1-22-13-16(11-14-5-7-17(21)8-6-14)19-4-2-3-15-12-18(23)9-10-20(15)19/h5-10,12,16,19,22-23H,2-4,11,13H2,1H3. The minimum atomic E-state index is -0.183. The molecule has 0 bridgehead atoms. The van der Waals surface area contributed by atoms with Gasteiger partial charge < -0.3 is 10.4 Å². The fourth-order valence-electron chi connectivity index (χ4n) is 3.87. The van der Waals surface area contributed by atoms with Crippen LogP contribution in [0.5, 0.6) is 5.75 Å². The predicted molar refractivity (Wildman–Crippen MR) is 91.3 cm³/mol. The second kappa shape index (κ2) is 7.14. The minimum Gasteiger partial charge on any atom is -0.508 e. The molecular formula is C20H24FNO. The van der Waals surface area contributed by atoms with E-state index in [0.717, 1.165) is 25.8 Å². The summed E-state index contributed by atoms with van der Waals surface area (Å²) in [7, 11) is 1.98. The van der Waals surface area contributed by atoms with Gasteiger partial charge in [-0.2, -0.15) is 0 Å². The summed E-state index contributed by atoms with van der Waals surface area (Å²) >= 11 is 0. The Hall–Kier alpha value is -1.87. The number of rotatable bonds is 5. The second-order valence-electron chi connectivity index (χ2n) is 6.53. The van der Waals surface area contributed by atoms with Gasteiger partial charge in [-0.15, -0.1) is 0 Å². The Morgan fingerprint density at radius 3 is 2.74 bits per heavy atom. The first kappa shape index (κ1) is 16.0. The quantitative estimate of drug-likeness (QED) is 0.873. The van der Waals surface area contributed by atoms with Crippen LogP contribution in [0, 0.1) is 11.7 Å². The number of benzene rings is 2. The summed E-state index contributed by atoms with van der Waals surface area (Å²) in [6, 6.07) is 12.7. The van der Waals surface area contributed by atoms with Crippen LogP contribution in [0.4, 0.5) is 4.39 Å². The third kappa shape index (κ3) is 3.73. The highest BCUT2D eigenvalue weighted by atomic mass is 19.1. The summed E-state index contributed by atoms with van der Waals surface area (Å²) in [6.07, 6.45) is 4.31. The molecule has 2 unspecified atom stereocenters. The van der Waals surface area contributed by atoms with Gasteiger partial charge in [-0.05, 0) is 92.1 Å². The van der Waals surface area contributed by atoms with Gasteiger partial charge in [0.15, 0.2) is 0 Å². The molecule has 2 nitrogen and oxygen atoms in total. The van der Waals surface area contributed by atoms with Crippen molar-refractivity contribution in [3.8, 4) is 5.75 Å². The Morgan fingerprint density at radius 1 is 1.22 bits per heavy atom. The smallest absolute Gasteiger partial charge is 0.123 e. The lowest BCUT2D eigenvalue weighted by atomic mass is 9.73. The maximum absolute atomic E-state index is 13.1. The average molecular weight is 313 g/mol.